The summed E-state index contributed by atoms with van der Waals surface area (Å²) in [6.07, 6.45) is 2.35. The molecule has 166 valence electrons. The molecule has 1 aliphatic rings. The van der Waals surface area contributed by atoms with Gasteiger partial charge in [0.15, 0.2) is 0 Å². The van der Waals surface area contributed by atoms with E-state index in [4.69, 9.17) is 0 Å². The van der Waals surface area contributed by atoms with E-state index in [0.29, 0.717) is 37.2 Å². The van der Waals surface area contributed by atoms with Crippen molar-refractivity contribution in [3.05, 3.63) is 54.1 Å². The van der Waals surface area contributed by atoms with Gasteiger partial charge in [-0.1, -0.05) is 36.8 Å². The number of para-hydroxylation sites is 2. The number of aryl methyl sites for hydroxylation is 1. The molecule has 0 saturated carbocycles. The highest BCUT2D eigenvalue weighted by Gasteiger charge is 2.33. The van der Waals surface area contributed by atoms with Gasteiger partial charge in [-0.2, -0.15) is 4.31 Å². The zero-order valence-electron chi connectivity index (χ0n) is 17.9. The highest BCUT2D eigenvalue weighted by molar-refractivity contribution is 7.89. The molecule has 31 heavy (non-hydrogen) atoms. The van der Waals surface area contributed by atoms with Crippen LogP contribution in [0.25, 0.3) is 0 Å². The van der Waals surface area contributed by atoms with Crippen LogP contribution < -0.4 is 10.6 Å². The molecule has 0 spiro atoms. The summed E-state index contributed by atoms with van der Waals surface area (Å²) in [6, 6.07) is 13.8. The minimum absolute atomic E-state index is 0.114. The topological polar surface area (TPSA) is 95.6 Å². The number of sulfonamides is 1. The first-order valence-corrected chi connectivity index (χ1v) is 12.0. The third-order valence-electron chi connectivity index (χ3n) is 5.35. The van der Waals surface area contributed by atoms with Gasteiger partial charge in [-0.15, -0.1) is 0 Å². The Labute approximate surface area is 183 Å². The number of carbonyl (C=O) groups is 2. The third-order valence-corrected chi connectivity index (χ3v) is 7.23. The van der Waals surface area contributed by atoms with Crippen LogP contribution in [-0.4, -0.2) is 37.6 Å². The van der Waals surface area contributed by atoms with E-state index in [0.717, 1.165) is 12.0 Å². The molecule has 2 aromatic carbocycles. The summed E-state index contributed by atoms with van der Waals surface area (Å²) < 4.78 is 27.4. The Bertz CT molecular complexity index is 1040. The van der Waals surface area contributed by atoms with Gasteiger partial charge in [0, 0.05) is 19.5 Å². The lowest BCUT2D eigenvalue weighted by molar-refractivity contribution is -0.121. The summed E-state index contributed by atoms with van der Waals surface area (Å²) in [5.74, 6) is -0.827. The molecule has 1 heterocycles. The first-order chi connectivity index (χ1) is 14.8. The van der Waals surface area contributed by atoms with Crippen LogP contribution in [0.1, 0.15) is 38.2 Å². The zero-order valence-corrected chi connectivity index (χ0v) is 18.7. The largest absolute Gasteiger partial charge is 0.324 e. The van der Waals surface area contributed by atoms with Crippen LogP contribution in [0.15, 0.2) is 53.4 Å². The monoisotopic (exact) mass is 443 g/mol. The summed E-state index contributed by atoms with van der Waals surface area (Å²) >= 11 is 0. The van der Waals surface area contributed by atoms with Gasteiger partial charge in [-0.25, -0.2) is 8.42 Å². The van der Waals surface area contributed by atoms with E-state index >= 15 is 0 Å². The van der Waals surface area contributed by atoms with Crippen molar-refractivity contribution in [2.75, 3.05) is 23.7 Å². The van der Waals surface area contributed by atoms with E-state index in [1.807, 2.05) is 13.8 Å². The number of benzene rings is 2. The van der Waals surface area contributed by atoms with Gasteiger partial charge in [0.2, 0.25) is 21.8 Å². The van der Waals surface area contributed by atoms with Gasteiger partial charge < -0.3 is 10.6 Å². The van der Waals surface area contributed by atoms with Crippen LogP contribution in [0.5, 0.6) is 0 Å². The van der Waals surface area contributed by atoms with E-state index < -0.39 is 15.9 Å². The maximum atomic E-state index is 13.0. The normalized spacial score (nSPS) is 17.2. The Balaban J connectivity index is 1.71. The van der Waals surface area contributed by atoms with E-state index in [1.165, 1.54) is 4.31 Å². The predicted octanol–water partition coefficient (Wildman–Crippen LogP) is 3.77. The average Bonchev–Trinajstić information content (AvgIpc) is 2.75. The average molecular weight is 444 g/mol. The molecule has 1 saturated heterocycles. The predicted molar refractivity (Wildman–Crippen MR) is 121 cm³/mol. The van der Waals surface area contributed by atoms with Crippen molar-refractivity contribution in [3.8, 4) is 0 Å². The van der Waals surface area contributed by atoms with E-state index in [-0.39, 0.29) is 23.3 Å². The fraction of sp³-hybridized carbons (Fsp3) is 0.391. The number of nitrogens with zero attached hydrogens (tertiary/aromatic N) is 1. The SMILES string of the molecule is CCCC(=O)Nc1ccccc1NC(=O)[C@@H]1CCCN(S(=O)(=O)c2ccc(C)cc2)C1. The van der Waals surface area contributed by atoms with Crippen molar-refractivity contribution in [3.63, 3.8) is 0 Å². The Morgan fingerprint density at radius 1 is 1.03 bits per heavy atom. The lowest BCUT2D eigenvalue weighted by atomic mass is 9.98. The summed E-state index contributed by atoms with van der Waals surface area (Å²) in [7, 11) is -3.65. The first-order valence-electron chi connectivity index (χ1n) is 10.6. The first kappa shape index (κ1) is 23.0. The van der Waals surface area contributed by atoms with Gasteiger partial charge in [-0.05, 0) is 50.5 Å². The molecule has 1 atom stereocenters. The van der Waals surface area contributed by atoms with E-state index in [1.54, 1.807) is 48.5 Å². The molecular formula is C23H29N3O4S. The molecule has 0 radical (unpaired) electrons. The lowest BCUT2D eigenvalue weighted by Gasteiger charge is -2.31. The number of hydrogen-bond donors (Lipinski definition) is 2. The Morgan fingerprint density at radius 2 is 1.68 bits per heavy atom. The van der Waals surface area contributed by atoms with Crippen molar-refractivity contribution in [1.29, 1.82) is 0 Å². The second-order valence-electron chi connectivity index (χ2n) is 7.85. The van der Waals surface area contributed by atoms with Crippen LogP contribution in [-0.2, 0) is 19.6 Å². The van der Waals surface area contributed by atoms with Gasteiger partial charge in [-0.3, -0.25) is 9.59 Å². The number of anilines is 2. The second kappa shape index (κ2) is 10.1. The molecule has 0 aliphatic carbocycles. The number of amides is 2. The standard InChI is InChI=1S/C23H29N3O4S/c1-3-7-22(27)24-20-9-4-5-10-21(20)25-23(28)18-8-6-15-26(16-18)31(29,30)19-13-11-17(2)12-14-19/h4-5,9-14,18H,3,6-8,15-16H2,1-2H3,(H,24,27)(H,25,28)/t18-/m1/s1. The summed E-state index contributed by atoms with van der Waals surface area (Å²) in [5.41, 5.74) is 2.03. The van der Waals surface area contributed by atoms with Crippen LogP contribution in [0, 0.1) is 12.8 Å². The van der Waals surface area contributed by atoms with Gasteiger partial charge in [0.1, 0.15) is 0 Å². The van der Waals surface area contributed by atoms with Gasteiger partial charge in [0.25, 0.3) is 0 Å². The highest BCUT2D eigenvalue weighted by atomic mass is 32.2. The van der Waals surface area contributed by atoms with Crippen molar-refractivity contribution >= 4 is 33.2 Å². The number of piperidine rings is 1. The Kier molecular flexibility index (Phi) is 7.46. The Morgan fingerprint density at radius 3 is 2.32 bits per heavy atom. The molecule has 0 unspecified atom stereocenters. The van der Waals surface area contributed by atoms with Crippen LogP contribution >= 0.6 is 0 Å². The molecule has 1 fully saturated rings. The van der Waals surface area contributed by atoms with Gasteiger partial charge in [0.05, 0.1) is 22.2 Å². The maximum Gasteiger partial charge on any atom is 0.243 e. The molecular weight excluding hydrogens is 414 g/mol. The minimum Gasteiger partial charge on any atom is -0.324 e. The Hall–Kier alpha value is -2.71. The number of carbonyl (C=O) groups excluding carboxylic acids is 2. The smallest absolute Gasteiger partial charge is 0.243 e. The highest BCUT2D eigenvalue weighted by Crippen LogP contribution is 2.27. The van der Waals surface area contributed by atoms with Crippen LogP contribution in [0.2, 0.25) is 0 Å². The molecule has 0 bridgehead atoms. The quantitative estimate of drug-likeness (QED) is 0.681. The summed E-state index contributed by atoms with van der Waals surface area (Å²) in [4.78, 5) is 25.1. The number of nitrogens with one attached hydrogen (secondary N) is 2. The van der Waals surface area contributed by atoms with E-state index in [2.05, 4.69) is 10.6 Å². The summed E-state index contributed by atoms with van der Waals surface area (Å²) in [5, 5.41) is 5.69. The van der Waals surface area contributed by atoms with Crippen molar-refractivity contribution in [1.82, 2.24) is 4.31 Å². The lowest BCUT2D eigenvalue weighted by Crippen LogP contribution is -2.43. The molecule has 2 aromatic rings. The van der Waals surface area contributed by atoms with Crippen molar-refractivity contribution < 1.29 is 18.0 Å². The molecule has 8 heteroatoms. The molecule has 0 aromatic heterocycles. The van der Waals surface area contributed by atoms with Crippen LogP contribution in [0.3, 0.4) is 0 Å². The molecule has 7 nitrogen and oxygen atoms in total. The molecule has 3 rings (SSSR count). The minimum atomic E-state index is -3.65. The maximum absolute atomic E-state index is 13.0. The van der Waals surface area contributed by atoms with Crippen LogP contribution in [0.4, 0.5) is 11.4 Å². The number of rotatable bonds is 7. The van der Waals surface area contributed by atoms with E-state index in [9.17, 15) is 18.0 Å². The fourth-order valence-electron chi connectivity index (χ4n) is 3.61. The van der Waals surface area contributed by atoms with Gasteiger partial charge >= 0.3 is 0 Å². The third kappa shape index (κ3) is 5.71. The summed E-state index contributed by atoms with van der Waals surface area (Å²) in [6.45, 7) is 4.35. The van der Waals surface area contributed by atoms with Crippen molar-refractivity contribution in [2.45, 2.75) is 44.4 Å². The molecule has 1 aliphatic heterocycles. The van der Waals surface area contributed by atoms with Crippen molar-refractivity contribution in [2.24, 2.45) is 5.92 Å². The zero-order chi connectivity index (χ0) is 22.4. The fourth-order valence-corrected chi connectivity index (χ4v) is 5.13. The molecule has 2 amide bonds. The number of hydrogen-bond acceptors (Lipinski definition) is 4. The molecule has 2 N–H and O–H groups in total. The second-order valence-corrected chi connectivity index (χ2v) is 9.79.